The monoisotopic (exact) mass is 283 g/mol. The molecule has 112 valence electrons. The van der Waals surface area contributed by atoms with Crippen LogP contribution in [0.25, 0.3) is 0 Å². The lowest BCUT2D eigenvalue weighted by atomic mass is 9.88. The summed E-state index contributed by atoms with van der Waals surface area (Å²) in [6, 6.07) is 0. The van der Waals surface area contributed by atoms with E-state index in [-0.39, 0.29) is 12.3 Å². The summed E-state index contributed by atoms with van der Waals surface area (Å²) in [5, 5.41) is 0. The predicted molar refractivity (Wildman–Crippen MR) is 70.0 cm³/mol. The van der Waals surface area contributed by atoms with Crippen molar-refractivity contribution in [3.05, 3.63) is 0 Å². The van der Waals surface area contributed by atoms with E-state index in [9.17, 15) is 14.4 Å². The van der Waals surface area contributed by atoms with Crippen molar-refractivity contribution in [2.75, 3.05) is 13.7 Å². The van der Waals surface area contributed by atoms with Gasteiger partial charge in [0.25, 0.3) is 0 Å². The molecule has 0 aromatic heterocycles. The Balaban J connectivity index is 2.12. The molecule has 1 saturated carbocycles. The van der Waals surface area contributed by atoms with Gasteiger partial charge in [-0.1, -0.05) is 0 Å². The molecule has 20 heavy (non-hydrogen) atoms. The van der Waals surface area contributed by atoms with E-state index in [4.69, 9.17) is 4.74 Å². The van der Waals surface area contributed by atoms with Crippen molar-refractivity contribution in [3.8, 4) is 0 Å². The molecular weight excluding hydrogens is 262 g/mol. The average Bonchev–Trinajstić information content (AvgIpc) is 3.09. The minimum absolute atomic E-state index is 0.0747. The van der Waals surface area contributed by atoms with Gasteiger partial charge in [0.15, 0.2) is 5.78 Å². The topological polar surface area (TPSA) is 72.9 Å². The summed E-state index contributed by atoms with van der Waals surface area (Å²) in [4.78, 5) is 37.3. The second-order valence-corrected chi connectivity index (χ2v) is 6.54. The third-order valence-corrected chi connectivity index (χ3v) is 3.79. The van der Waals surface area contributed by atoms with E-state index in [0.29, 0.717) is 6.42 Å². The number of carbonyl (C=O) groups excluding carboxylic acids is 3. The molecule has 6 heteroatoms. The minimum Gasteiger partial charge on any atom is -0.468 e. The first-order chi connectivity index (χ1) is 9.18. The lowest BCUT2D eigenvalue weighted by Gasteiger charge is -2.38. The Kier molecular flexibility index (Phi) is 3.52. The number of ketones is 1. The standard InChI is InChI=1S/C14H21NO5/c1-13(2,3)20-12(18)15-8-10(16)9(11(17)19-4)7-14(15)5-6-14/h9H,5-8H2,1-4H3. The van der Waals surface area contributed by atoms with Gasteiger partial charge in [-0.15, -0.1) is 0 Å². The fourth-order valence-corrected chi connectivity index (χ4v) is 2.59. The third-order valence-electron chi connectivity index (χ3n) is 3.79. The van der Waals surface area contributed by atoms with Crippen LogP contribution in [0.4, 0.5) is 4.79 Å². The van der Waals surface area contributed by atoms with Crippen LogP contribution in [0.2, 0.25) is 0 Å². The quantitative estimate of drug-likeness (QED) is 0.539. The van der Waals surface area contributed by atoms with Crippen LogP contribution in [0.3, 0.4) is 0 Å². The van der Waals surface area contributed by atoms with Crippen LogP contribution in [-0.2, 0) is 19.1 Å². The molecule has 2 fully saturated rings. The summed E-state index contributed by atoms with van der Waals surface area (Å²) in [5.74, 6) is -1.54. The number of hydrogen-bond acceptors (Lipinski definition) is 5. The van der Waals surface area contributed by atoms with Crippen molar-refractivity contribution in [3.63, 3.8) is 0 Å². The van der Waals surface area contributed by atoms with Gasteiger partial charge in [-0.2, -0.15) is 0 Å². The van der Waals surface area contributed by atoms with Gasteiger partial charge in [0, 0.05) is 5.54 Å². The van der Waals surface area contributed by atoms with Crippen LogP contribution in [0.15, 0.2) is 0 Å². The largest absolute Gasteiger partial charge is 0.468 e. The predicted octanol–water partition coefficient (Wildman–Crippen LogP) is 1.52. The Morgan fingerprint density at radius 1 is 1.30 bits per heavy atom. The van der Waals surface area contributed by atoms with Gasteiger partial charge in [0.1, 0.15) is 11.5 Å². The summed E-state index contributed by atoms with van der Waals surface area (Å²) in [6.07, 6.45) is 1.46. The first-order valence-corrected chi connectivity index (χ1v) is 6.80. The number of nitrogens with zero attached hydrogens (tertiary/aromatic N) is 1. The molecule has 0 radical (unpaired) electrons. The third kappa shape index (κ3) is 2.78. The number of methoxy groups -OCH3 is 1. The van der Waals surface area contributed by atoms with E-state index in [2.05, 4.69) is 4.74 Å². The Bertz CT molecular complexity index is 447. The molecule has 0 aromatic rings. The number of Topliss-reactive ketones (excluding diaryl/α,β-unsaturated/α-hetero) is 1. The molecule has 0 N–H and O–H groups in total. The molecule has 1 saturated heterocycles. The molecule has 1 amide bonds. The van der Waals surface area contributed by atoms with E-state index in [1.807, 2.05) is 0 Å². The molecule has 1 atom stereocenters. The minimum atomic E-state index is -0.749. The first-order valence-electron chi connectivity index (χ1n) is 6.80. The van der Waals surface area contributed by atoms with Crippen molar-refractivity contribution >= 4 is 17.8 Å². The maximum atomic E-state index is 12.2. The number of ether oxygens (including phenoxy) is 2. The second-order valence-electron chi connectivity index (χ2n) is 6.54. The Morgan fingerprint density at radius 3 is 2.35 bits per heavy atom. The van der Waals surface area contributed by atoms with E-state index in [0.717, 1.165) is 12.8 Å². The molecule has 2 aliphatic rings. The zero-order chi connectivity index (χ0) is 15.1. The fraction of sp³-hybridized carbons (Fsp3) is 0.786. The lowest BCUT2D eigenvalue weighted by Crippen LogP contribution is -2.55. The van der Waals surface area contributed by atoms with Gasteiger partial charge in [-0.05, 0) is 40.0 Å². The maximum absolute atomic E-state index is 12.2. The highest BCUT2D eigenvalue weighted by Crippen LogP contribution is 2.49. The number of amides is 1. The first kappa shape index (κ1) is 14.8. The van der Waals surface area contributed by atoms with E-state index < -0.39 is 29.1 Å². The van der Waals surface area contributed by atoms with E-state index in [1.54, 1.807) is 20.8 Å². The Hall–Kier alpha value is -1.59. The van der Waals surface area contributed by atoms with Crippen molar-refractivity contribution in [2.45, 2.75) is 51.2 Å². The smallest absolute Gasteiger partial charge is 0.411 e. The molecule has 1 heterocycles. The highest BCUT2D eigenvalue weighted by molar-refractivity contribution is 6.02. The van der Waals surface area contributed by atoms with Crippen LogP contribution in [0, 0.1) is 5.92 Å². The number of likely N-dealkylation sites (tertiary alicyclic amines) is 1. The van der Waals surface area contributed by atoms with Crippen molar-refractivity contribution < 1.29 is 23.9 Å². The SMILES string of the molecule is COC(=O)C1CC2(CC2)N(C(=O)OC(C)(C)C)CC1=O. The molecule has 1 spiro atoms. The zero-order valence-electron chi connectivity index (χ0n) is 12.4. The second kappa shape index (κ2) is 4.75. The summed E-state index contributed by atoms with van der Waals surface area (Å²) in [6.45, 7) is 5.28. The molecule has 2 rings (SSSR count). The average molecular weight is 283 g/mol. The lowest BCUT2D eigenvalue weighted by molar-refractivity contribution is -0.153. The molecular formula is C14H21NO5. The number of rotatable bonds is 1. The zero-order valence-corrected chi connectivity index (χ0v) is 12.4. The molecule has 1 unspecified atom stereocenters. The fourth-order valence-electron chi connectivity index (χ4n) is 2.59. The van der Waals surface area contributed by atoms with Gasteiger partial charge < -0.3 is 9.47 Å². The molecule has 1 aliphatic carbocycles. The summed E-state index contributed by atoms with van der Waals surface area (Å²) < 4.78 is 10.0. The number of esters is 1. The van der Waals surface area contributed by atoms with Gasteiger partial charge in [0.05, 0.1) is 13.7 Å². The normalized spacial score (nSPS) is 24.5. The number of carbonyl (C=O) groups is 3. The van der Waals surface area contributed by atoms with Gasteiger partial charge >= 0.3 is 12.1 Å². The number of hydrogen-bond donors (Lipinski definition) is 0. The van der Waals surface area contributed by atoms with Crippen LogP contribution >= 0.6 is 0 Å². The van der Waals surface area contributed by atoms with Crippen molar-refractivity contribution in [2.24, 2.45) is 5.92 Å². The molecule has 1 aliphatic heterocycles. The summed E-state index contributed by atoms with van der Waals surface area (Å²) in [5.41, 5.74) is -0.996. The van der Waals surface area contributed by atoms with Gasteiger partial charge in [0.2, 0.25) is 0 Å². The molecule has 6 nitrogen and oxygen atoms in total. The Morgan fingerprint density at radius 2 is 1.90 bits per heavy atom. The van der Waals surface area contributed by atoms with Crippen LogP contribution in [0.5, 0.6) is 0 Å². The highest BCUT2D eigenvalue weighted by atomic mass is 16.6. The molecule has 0 aromatic carbocycles. The molecule has 0 bridgehead atoms. The summed E-state index contributed by atoms with van der Waals surface area (Å²) >= 11 is 0. The van der Waals surface area contributed by atoms with Crippen molar-refractivity contribution in [1.82, 2.24) is 4.90 Å². The summed E-state index contributed by atoms with van der Waals surface area (Å²) in [7, 11) is 1.27. The van der Waals surface area contributed by atoms with Crippen LogP contribution < -0.4 is 0 Å². The van der Waals surface area contributed by atoms with Gasteiger partial charge in [-0.3, -0.25) is 14.5 Å². The van der Waals surface area contributed by atoms with Gasteiger partial charge in [-0.25, -0.2) is 4.79 Å². The van der Waals surface area contributed by atoms with E-state index in [1.165, 1.54) is 12.0 Å². The Labute approximate surface area is 118 Å². The number of piperidine rings is 1. The van der Waals surface area contributed by atoms with Crippen LogP contribution in [-0.4, -0.2) is 47.5 Å². The maximum Gasteiger partial charge on any atom is 0.411 e. The van der Waals surface area contributed by atoms with E-state index >= 15 is 0 Å². The highest BCUT2D eigenvalue weighted by Gasteiger charge is 2.58. The van der Waals surface area contributed by atoms with Crippen molar-refractivity contribution in [1.29, 1.82) is 0 Å². The van der Waals surface area contributed by atoms with Crippen LogP contribution in [0.1, 0.15) is 40.0 Å².